The molecular weight excluding hydrogens is 198 g/mol. The maximum Gasteiger partial charge on any atom is 0.0626 e. The van der Waals surface area contributed by atoms with Crippen LogP contribution in [0.4, 0.5) is 0 Å². The van der Waals surface area contributed by atoms with E-state index in [2.05, 4.69) is 49.3 Å². The predicted molar refractivity (Wildman–Crippen MR) is 66.5 cm³/mol. The molecule has 0 bridgehead atoms. The molecule has 0 fully saturated rings. The summed E-state index contributed by atoms with van der Waals surface area (Å²) in [6.45, 7) is 14.5. The van der Waals surface area contributed by atoms with Crippen LogP contribution in [0.15, 0.2) is 0 Å². The number of fused-ring (bicyclic) bond motifs is 1. The van der Waals surface area contributed by atoms with Crippen molar-refractivity contribution in [1.82, 2.24) is 14.7 Å². The van der Waals surface area contributed by atoms with Crippen LogP contribution >= 0.6 is 0 Å². The van der Waals surface area contributed by atoms with Gasteiger partial charge in [-0.05, 0) is 46.6 Å². The summed E-state index contributed by atoms with van der Waals surface area (Å²) in [7, 11) is 0. The first-order valence-corrected chi connectivity index (χ1v) is 6.17. The first-order chi connectivity index (χ1) is 7.39. The average molecular weight is 221 g/mol. The zero-order chi connectivity index (χ0) is 11.9. The monoisotopic (exact) mass is 221 g/mol. The standard InChI is InChI=1S/C13H23N3/c1-10-11(2)14-16-8-6-7-15(9-12(10)16)13(3,4)5/h6-9H2,1-5H3. The van der Waals surface area contributed by atoms with E-state index in [-0.39, 0.29) is 5.54 Å². The molecule has 0 atom stereocenters. The van der Waals surface area contributed by atoms with E-state index in [0.717, 1.165) is 13.1 Å². The molecule has 1 aliphatic rings. The van der Waals surface area contributed by atoms with Crippen LogP contribution in [-0.4, -0.2) is 26.8 Å². The number of rotatable bonds is 0. The summed E-state index contributed by atoms with van der Waals surface area (Å²) in [5, 5.41) is 4.62. The Balaban J connectivity index is 2.33. The molecule has 0 aromatic carbocycles. The molecular formula is C13H23N3. The third-order valence-electron chi connectivity index (χ3n) is 3.65. The van der Waals surface area contributed by atoms with Gasteiger partial charge in [0.1, 0.15) is 0 Å². The van der Waals surface area contributed by atoms with Crippen molar-refractivity contribution in [2.75, 3.05) is 6.54 Å². The summed E-state index contributed by atoms with van der Waals surface area (Å²) >= 11 is 0. The zero-order valence-electron chi connectivity index (χ0n) is 11.2. The molecule has 0 saturated carbocycles. The third-order valence-corrected chi connectivity index (χ3v) is 3.65. The van der Waals surface area contributed by atoms with Gasteiger partial charge < -0.3 is 0 Å². The topological polar surface area (TPSA) is 21.1 Å². The lowest BCUT2D eigenvalue weighted by atomic mass is 10.0. The maximum atomic E-state index is 4.62. The molecule has 1 aromatic heterocycles. The largest absolute Gasteiger partial charge is 0.293 e. The Kier molecular flexibility index (Phi) is 2.82. The molecule has 0 unspecified atom stereocenters. The summed E-state index contributed by atoms with van der Waals surface area (Å²) < 4.78 is 2.20. The van der Waals surface area contributed by atoms with Gasteiger partial charge in [-0.25, -0.2) is 0 Å². The van der Waals surface area contributed by atoms with Crippen LogP contribution in [0.3, 0.4) is 0 Å². The molecule has 90 valence electrons. The number of aromatic nitrogens is 2. The van der Waals surface area contributed by atoms with Crippen molar-refractivity contribution < 1.29 is 0 Å². The molecule has 2 rings (SSSR count). The number of aryl methyl sites for hydroxylation is 2. The number of hydrogen-bond donors (Lipinski definition) is 0. The number of hydrogen-bond acceptors (Lipinski definition) is 2. The molecule has 1 aromatic rings. The normalized spacial score (nSPS) is 18.3. The van der Waals surface area contributed by atoms with Gasteiger partial charge in [-0.1, -0.05) is 0 Å². The molecule has 2 heterocycles. The Morgan fingerprint density at radius 3 is 2.44 bits per heavy atom. The minimum absolute atomic E-state index is 0.250. The van der Waals surface area contributed by atoms with Gasteiger partial charge >= 0.3 is 0 Å². The van der Waals surface area contributed by atoms with Gasteiger partial charge in [0.25, 0.3) is 0 Å². The minimum atomic E-state index is 0.250. The highest BCUT2D eigenvalue weighted by atomic mass is 15.3. The van der Waals surface area contributed by atoms with Gasteiger partial charge in [-0.15, -0.1) is 0 Å². The Morgan fingerprint density at radius 1 is 1.12 bits per heavy atom. The van der Waals surface area contributed by atoms with Crippen molar-refractivity contribution in [1.29, 1.82) is 0 Å². The van der Waals surface area contributed by atoms with Crippen molar-refractivity contribution in [3.05, 3.63) is 17.0 Å². The van der Waals surface area contributed by atoms with E-state index in [0.29, 0.717) is 0 Å². The van der Waals surface area contributed by atoms with Gasteiger partial charge in [0, 0.05) is 25.2 Å². The van der Waals surface area contributed by atoms with Crippen LogP contribution in [0.5, 0.6) is 0 Å². The quantitative estimate of drug-likeness (QED) is 0.671. The van der Waals surface area contributed by atoms with Crippen LogP contribution in [0.1, 0.15) is 44.1 Å². The Labute approximate surface area is 98.4 Å². The van der Waals surface area contributed by atoms with Crippen LogP contribution in [0.2, 0.25) is 0 Å². The summed E-state index contributed by atoms with van der Waals surface area (Å²) in [5.41, 5.74) is 4.21. The third kappa shape index (κ3) is 2.01. The van der Waals surface area contributed by atoms with Gasteiger partial charge in [-0.2, -0.15) is 5.10 Å². The minimum Gasteiger partial charge on any atom is -0.293 e. The first kappa shape index (κ1) is 11.6. The van der Waals surface area contributed by atoms with Crippen molar-refractivity contribution in [2.45, 2.75) is 59.7 Å². The first-order valence-electron chi connectivity index (χ1n) is 6.17. The summed E-state index contributed by atoms with van der Waals surface area (Å²) in [6.07, 6.45) is 1.20. The molecule has 0 spiro atoms. The van der Waals surface area contributed by atoms with Gasteiger partial charge in [0.15, 0.2) is 0 Å². The molecule has 0 saturated heterocycles. The fourth-order valence-electron chi connectivity index (χ4n) is 2.35. The van der Waals surface area contributed by atoms with Gasteiger partial charge in [0.2, 0.25) is 0 Å². The van der Waals surface area contributed by atoms with E-state index >= 15 is 0 Å². The molecule has 3 heteroatoms. The Morgan fingerprint density at radius 2 is 1.81 bits per heavy atom. The second-order valence-electron chi connectivity index (χ2n) is 5.83. The molecule has 0 amide bonds. The fourth-order valence-corrected chi connectivity index (χ4v) is 2.35. The van der Waals surface area contributed by atoms with E-state index in [1.807, 2.05) is 0 Å². The van der Waals surface area contributed by atoms with Crippen molar-refractivity contribution >= 4 is 0 Å². The number of nitrogens with zero attached hydrogens (tertiary/aromatic N) is 3. The molecule has 16 heavy (non-hydrogen) atoms. The second-order valence-corrected chi connectivity index (χ2v) is 5.83. The van der Waals surface area contributed by atoms with Crippen molar-refractivity contribution in [3.63, 3.8) is 0 Å². The Bertz CT molecular complexity index is 385. The predicted octanol–water partition coefficient (Wildman–Crippen LogP) is 2.50. The van der Waals surface area contributed by atoms with E-state index in [9.17, 15) is 0 Å². The second kappa shape index (κ2) is 3.88. The van der Waals surface area contributed by atoms with Crippen molar-refractivity contribution in [2.24, 2.45) is 0 Å². The van der Waals surface area contributed by atoms with Crippen molar-refractivity contribution in [3.8, 4) is 0 Å². The lowest BCUT2D eigenvalue weighted by Crippen LogP contribution is -2.40. The highest BCUT2D eigenvalue weighted by Crippen LogP contribution is 2.23. The Hall–Kier alpha value is -0.830. The molecule has 0 aliphatic carbocycles. The summed E-state index contributed by atoms with van der Waals surface area (Å²) in [6, 6.07) is 0. The van der Waals surface area contributed by atoms with E-state index in [1.54, 1.807) is 0 Å². The van der Waals surface area contributed by atoms with E-state index in [1.165, 1.54) is 29.9 Å². The fraction of sp³-hybridized carbons (Fsp3) is 0.769. The van der Waals surface area contributed by atoms with E-state index in [4.69, 9.17) is 0 Å². The smallest absolute Gasteiger partial charge is 0.0626 e. The molecule has 0 radical (unpaired) electrons. The van der Waals surface area contributed by atoms with E-state index < -0.39 is 0 Å². The molecule has 1 aliphatic heterocycles. The molecule has 3 nitrogen and oxygen atoms in total. The zero-order valence-corrected chi connectivity index (χ0v) is 11.2. The highest BCUT2D eigenvalue weighted by molar-refractivity contribution is 5.24. The van der Waals surface area contributed by atoms with Gasteiger partial charge in [-0.3, -0.25) is 9.58 Å². The lowest BCUT2D eigenvalue weighted by molar-refractivity contribution is 0.130. The lowest BCUT2D eigenvalue weighted by Gasteiger charge is -2.34. The van der Waals surface area contributed by atoms with Crippen LogP contribution in [-0.2, 0) is 13.1 Å². The molecule has 0 N–H and O–H groups in total. The van der Waals surface area contributed by atoms with Crippen LogP contribution < -0.4 is 0 Å². The van der Waals surface area contributed by atoms with Crippen LogP contribution in [0, 0.1) is 13.8 Å². The average Bonchev–Trinajstić information content (AvgIpc) is 2.40. The summed E-state index contributed by atoms with van der Waals surface area (Å²) in [5.74, 6) is 0. The summed E-state index contributed by atoms with van der Waals surface area (Å²) in [4.78, 5) is 2.56. The van der Waals surface area contributed by atoms with Gasteiger partial charge in [0.05, 0.1) is 11.4 Å². The van der Waals surface area contributed by atoms with Crippen LogP contribution in [0.25, 0.3) is 0 Å². The maximum absolute atomic E-state index is 4.62. The SMILES string of the molecule is Cc1nn2c(c1C)CN(C(C)(C)C)CCC2. The highest BCUT2D eigenvalue weighted by Gasteiger charge is 2.26.